The van der Waals surface area contributed by atoms with Gasteiger partial charge >= 0.3 is 0 Å². The van der Waals surface area contributed by atoms with E-state index in [2.05, 4.69) is 5.32 Å². The quantitative estimate of drug-likeness (QED) is 0.885. The Morgan fingerprint density at radius 3 is 2.68 bits per heavy atom. The molecule has 2 rings (SSSR count). The van der Waals surface area contributed by atoms with Crippen molar-refractivity contribution in [2.24, 2.45) is 0 Å². The molecule has 0 bridgehead atoms. The van der Waals surface area contributed by atoms with E-state index in [9.17, 15) is 13.2 Å². The molecule has 0 saturated carbocycles. The molecule has 1 fully saturated rings. The van der Waals surface area contributed by atoms with Crippen LogP contribution in [0.15, 0.2) is 30.3 Å². The third-order valence-corrected chi connectivity index (χ3v) is 4.53. The molecule has 1 N–H and O–H groups in total. The van der Waals surface area contributed by atoms with Gasteiger partial charge in [0.05, 0.1) is 6.26 Å². The molecule has 1 aromatic carbocycles. The second kappa shape index (κ2) is 5.71. The lowest BCUT2D eigenvalue weighted by molar-refractivity contribution is -0.124. The summed E-state index contributed by atoms with van der Waals surface area (Å²) in [4.78, 5) is 12.1. The summed E-state index contributed by atoms with van der Waals surface area (Å²) < 4.78 is 24.4. The molecular weight excluding hydrogens is 264 g/mol. The molecule has 0 spiro atoms. The van der Waals surface area contributed by atoms with Crippen molar-refractivity contribution >= 4 is 15.9 Å². The number of sulfonamides is 1. The van der Waals surface area contributed by atoms with Gasteiger partial charge in [0.1, 0.15) is 6.04 Å². The van der Waals surface area contributed by atoms with Gasteiger partial charge in [0.25, 0.3) is 0 Å². The first kappa shape index (κ1) is 14.0. The van der Waals surface area contributed by atoms with Crippen LogP contribution in [-0.2, 0) is 21.4 Å². The number of hydrogen-bond acceptors (Lipinski definition) is 3. The van der Waals surface area contributed by atoms with Crippen LogP contribution in [0.4, 0.5) is 0 Å². The van der Waals surface area contributed by atoms with Crippen LogP contribution in [0.1, 0.15) is 18.4 Å². The largest absolute Gasteiger partial charge is 0.351 e. The molecule has 1 amide bonds. The van der Waals surface area contributed by atoms with Gasteiger partial charge in [0.15, 0.2) is 0 Å². The molecule has 1 aliphatic heterocycles. The highest BCUT2D eigenvalue weighted by molar-refractivity contribution is 7.88. The first-order chi connectivity index (χ1) is 8.98. The van der Waals surface area contributed by atoms with E-state index >= 15 is 0 Å². The fourth-order valence-electron chi connectivity index (χ4n) is 2.30. The predicted octanol–water partition coefficient (Wildman–Crippen LogP) is 0.727. The van der Waals surface area contributed by atoms with E-state index in [1.807, 2.05) is 30.3 Å². The van der Waals surface area contributed by atoms with E-state index in [0.717, 1.165) is 18.2 Å². The molecule has 104 valence electrons. The molecule has 0 radical (unpaired) electrons. The minimum absolute atomic E-state index is 0.216. The maximum absolute atomic E-state index is 12.1. The van der Waals surface area contributed by atoms with Crippen LogP contribution in [0.25, 0.3) is 0 Å². The average molecular weight is 282 g/mol. The number of nitrogens with zero attached hydrogens (tertiary/aromatic N) is 1. The molecule has 1 heterocycles. The van der Waals surface area contributed by atoms with Gasteiger partial charge in [-0.1, -0.05) is 30.3 Å². The number of hydrogen-bond donors (Lipinski definition) is 1. The highest BCUT2D eigenvalue weighted by atomic mass is 32.2. The van der Waals surface area contributed by atoms with Crippen LogP contribution in [0.5, 0.6) is 0 Å². The Morgan fingerprint density at radius 2 is 2.05 bits per heavy atom. The van der Waals surface area contributed by atoms with Gasteiger partial charge in [-0.2, -0.15) is 4.31 Å². The second-order valence-corrected chi connectivity index (χ2v) is 6.67. The molecule has 1 aliphatic rings. The maximum atomic E-state index is 12.1. The molecule has 5 nitrogen and oxygen atoms in total. The molecule has 1 aromatic rings. The highest BCUT2D eigenvalue weighted by Gasteiger charge is 2.36. The Hall–Kier alpha value is -1.40. The zero-order valence-corrected chi connectivity index (χ0v) is 11.7. The number of amides is 1. The second-order valence-electron chi connectivity index (χ2n) is 4.74. The van der Waals surface area contributed by atoms with Crippen LogP contribution < -0.4 is 5.32 Å². The Bertz CT molecular complexity index is 542. The molecular formula is C13H18N2O3S. The average Bonchev–Trinajstić information content (AvgIpc) is 2.86. The Morgan fingerprint density at radius 1 is 1.37 bits per heavy atom. The van der Waals surface area contributed by atoms with Gasteiger partial charge in [-0.05, 0) is 18.4 Å². The molecule has 0 aliphatic carbocycles. The van der Waals surface area contributed by atoms with Crippen molar-refractivity contribution in [3.8, 4) is 0 Å². The first-order valence-corrected chi connectivity index (χ1v) is 8.12. The number of benzene rings is 1. The van der Waals surface area contributed by atoms with Crippen LogP contribution in [0.2, 0.25) is 0 Å². The summed E-state index contributed by atoms with van der Waals surface area (Å²) in [6.07, 6.45) is 2.47. The molecule has 0 aromatic heterocycles. The van der Waals surface area contributed by atoms with Crippen molar-refractivity contribution in [3.05, 3.63) is 35.9 Å². The lowest BCUT2D eigenvalue weighted by Gasteiger charge is -2.21. The molecule has 19 heavy (non-hydrogen) atoms. The highest BCUT2D eigenvalue weighted by Crippen LogP contribution is 2.20. The number of carbonyl (C=O) groups is 1. The van der Waals surface area contributed by atoms with E-state index in [4.69, 9.17) is 0 Å². The summed E-state index contributed by atoms with van der Waals surface area (Å²) >= 11 is 0. The standard InChI is InChI=1S/C13H18N2O3S/c1-19(17,18)15-9-5-8-12(15)13(16)14-10-11-6-3-2-4-7-11/h2-4,6-7,12H,5,8-10H2,1H3,(H,14,16). The minimum atomic E-state index is -3.31. The summed E-state index contributed by atoms with van der Waals surface area (Å²) in [6, 6.07) is 9.00. The Balaban J connectivity index is 1.96. The number of carbonyl (C=O) groups excluding carboxylic acids is 1. The first-order valence-electron chi connectivity index (χ1n) is 6.27. The smallest absolute Gasteiger partial charge is 0.238 e. The SMILES string of the molecule is CS(=O)(=O)N1CCCC1C(=O)NCc1ccccc1. The zero-order valence-electron chi connectivity index (χ0n) is 10.9. The monoisotopic (exact) mass is 282 g/mol. The van der Waals surface area contributed by atoms with E-state index in [1.165, 1.54) is 4.31 Å². The van der Waals surface area contributed by atoms with E-state index in [1.54, 1.807) is 0 Å². The Labute approximate surface area is 113 Å². The zero-order chi connectivity index (χ0) is 13.9. The van der Waals surface area contributed by atoms with Crippen LogP contribution in [0.3, 0.4) is 0 Å². The van der Waals surface area contributed by atoms with E-state index in [-0.39, 0.29) is 5.91 Å². The summed E-state index contributed by atoms with van der Waals surface area (Å²) in [5.74, 6) is -0.216. The van der Waals surface area contributed by atoms with Crippen molar-refractivity contribution < 1.29 is 13.2 Å². The topological polar surface area (TPSA) is 66.5 Å². The van der Waals surface area contributed by atoms with Crippen LogP contribution in [0, 0.1) is 0 Å². The summed E-state index contributed by atoms with van der Waals surface area (Å²) in [5.41, 5.74) is 1.000. The van der Waals surface area contributed by atoms with Crippen LogP contribution in [-0.4, -0.2) is 37.5 Å². The predicted molar refractivity (Wildman–Crippen MR) is 72.9 cm³/mol. The summed E-state index contributed by atoms with van der Waals surface area (Å²) in [5, 5.41) is 2.80. The molecule has 1 atom stereocenters. The lowest BCUT2D eigenvalue weighted by Crippen LogP contribution is -2.45. The van der Waals surface area contributed by atoms with Gasteiger partial charge in [-0.25, -0.2) is 8.42 Å². The third-order valence-electron chi connectivity index (χ3n) is 3.24. The van der Waals surface area contributed by atoms with Crippen molar-refractivity contribution in [2.75, 3.05) is 12.8 Å². The fraction of sp³-hybridized carbons (Fsp3) is 0.462. The Kier molecular flexibility index (Phi) is 4.21. The number of rotatable bonds is 4. The maximum Gasteiger partial charge on any atom is 0.238 e. The number of nitrogens with one attached hydrogen (secondary N) is 1. The van der Waals surface area contributed by atoms with Gasteiger partial charge in [-0.3, -0.25) is 4.79 Å². The molecule has 6 heteroatoms. The van der Waals surface area contributed by atoms with E-state index < -0.39 is 16.1 Å². The fourth-order valence-corrected chi connectivity index (χ4v) is 3.43. The van der Waals surface area contributed by atoms with Gasteiger partial charge < -0.3 is 5.32 Å². The minimum Gasteiger partial charge on any atom is -0.351 e. The van der Waals surface area contributed by atoms with Crippen molar-refractivity contribution in [1.82, 2.24) is 9.62 Å². The van der Waals surface area contributed by atoms with Crippen molar-refractivity contribution in [3.63, 3.8) is 0 Å². The summed E-state index contributed by atoms with van der Waals surface area (Å²) in [7, 11) is -3.31. The van der Waals surface area contributed by atoms with Crippen molar-refractivity contribution in [2.45, 2.75) is 25.4 Å². The third kappa shape index (κ3) is 3.54. The van der Waals surface area contributed by atoms with Crippen molar-refractivity contribution in [1.29, 1.82) is 0 Å². The molecule has 1 unspecified atom stereocenters. The van der Waals surface area contributed by atoms with Gasteiger partial charge in [0.2, 0.25) is 15.9 Å². The normalized spacial score (nSPS) is 20.4. The molecule has 1 saturated heterocycles. The van der Waals surface area contributed by atoms with E-state index in [0.29, 0.717) is 19.5 Å². The van der Waals surface area contributed by atoms with Crippen LogP contribution >= 0.6 is 0 Å². The summed E-state index contributed by atoms with van der Waals surface area (Å²) in [6.45, 7) is 0.857. The van der Waals surface area contributed by atoms with Gasteiger partial charge in [-0.15, -0.1) is 0 Å². The lowest BCUT2D eigenvalue weighted by atomic mass is 10.2. The van der Waals surface area contributed by atoms with Gasteiger partial charge in [0, 0.05) is 13.1 Å².